The van der Waals surface area contributed by atoms with Gasteiger partial charge in [0.25, 0.3) is 0 Å². The highest BCUT2D eigenvalue weighted by Gasteiger charge is 2.31. The van der Waals surface area contributed by atoms with Crippen LogP contribution in [0.5, 0.6) is 0 Å². The van der Waals surface area contributed by atoms with E-state index in [4.69, 9.17) is 9.47 Å². The second-order valence-corrected chi connectivity index (χ2v) is 8.06. The molecule has 0 aliphatic heterocycles. The number of rotatable bonds is 17. The maximum Gasteiger partial charge on any atom is 0.410 e. The van der Waals surface area contributed by atoms with Crippen LogP contribution in [-0.4, -0.2) is 43.3 Å². The molecule has 5 nitrogen and oxygen atoms in total. The molecule has 0 saturated carbocycles. The summed E-state index contributed by atoms with van der Waals surface area (Å²) in [7, 11) is 1.59. The zero-order chi connectivity index (χ0) is 21.2. The summed E-state index contributed by atoms with van der Waals surface area (Å²) in [6.45, 7) is 8.54. The zero-order valence-electron chi connectivity index (χ0n) is 19.1. The molecule has 5 heteroatoms. The normalized spacial score (nSPS) is 12.1. The van der Waals surface area contributed by atoms with E-state index in [1.807, 2.05) is 13.8 Å². The highest BCUT2D eigenvalue weighted by atomic mass is 16.6. The number of amides is 1. The third-order valence-electron chi connectivity index (χ3n) is 5.09. The topological polar surface area (TPSA) is 55.8 Å². The SMILES string of the molecule is CCCCCCCCCCCCCCOC(=O)C(C(C)C)N(C)C(=O)OCC. The molecule has 1 atom stereocenters. The molecule has 166 valence electrons. The fourth-order valence-electron chi connectivity index (χ4n) is 3.42. The van der Waals surface area contributed by atoms with E-state index in [0.717, 1.165) is 12.8 Å². The predicted octanol–water partition coefficient (Wildman–Crippen LogP) is 6.34. The Kier molecular flexibility index (Phi) is 17.0. The molecular formula is C23H45NO4. The first-order valence-corrected chi connectivity index (χ1v) is 11.5. The van der Waals surface area contributed by atoms with Crippen molar-refractivity contribution in [1.29, 1.82) is 0 Å². The van der Waals surface area contributed by atoms with E-state index in [2.05, 4.69) is 6.92 Å². The van der Waals surface area contributed by atoms with Gasteiger partial charge in [-0.25, -0.2) is 9.59 Å². The number of hydrogen-bond acceptors (Lipinski definition) is 4. The van der Waals surface area contributed by atoms with E-state index in [-0.39, 0.29) is 11.9 Å². The Morgan fingerprint density at radius 1 is 0.750 bits per heavy atom. The summed E-state index contributed by atoms with van der Waals surface area (Å²) in [5, 5.41) is 0. The Morgan fingerprint density at radius 2 is 1.21 bits per heavy atom. The standard InChI is InChI=1S/C23H45NO4/c1-6-8-9-10-11-12-13-14-15-16-17-18-19-28-22(25)21(20(3)4)24(5)23(26)27-7-2/h20-21H,6-19H2,1-5H3. The Bertz CT molecular complexity index is 398. The van der Waals surface area contributed by atoms with Crippen LogP contribution < -0.4 is 0 Å². The van der Waals surface area contributed by atoms with Crippen LogP contribution in [0, 0.1) is 5.92 Å². The van der Waals surface area contributed by atoms with Gasteiger partial charge in [-0.2, -0.15) is 0 Å². The van der Waals surface area contributed by atoms with E-state index in [1.54, 1.807) is 14.0 Å². The first kappa shape index (κ1) is 26.7. The second kappa shape index (κ2) is 17.8. The van der Waals surface area contributed by atoms with E-state index < -0.39 is 12.1 Å². The lowest BCUT2D eigenvalue weighted by Gasteiger charge is -2.28. The van der Waals surface area contributed by atoms with Gasteiger partial charge in [0.15, 0.2) is 0 Å². The van der Waals surface area contributed by atoms with Crippen molar-refractivity contribution >= 4 is 12.1 Å². The predicted molar refractivity (Wildman–Crippen MR) is 115 cm³/mol. The van der Waals surface area contributed by atoms with E-state index in [1.165, 1.54) is 69.1 Å². The fourth-order valence-corrected chi connectivity index (χ4v) is 3.42. The molecule has 28 heavy (non-hydrogen) atoms. The quantitative estimate of drug-likeness (QED) is 0.211. The number of carbonyl (C=O) groups is 2. The summed E-state index contributed by atoms with van der Waals surface area (Å²) in [5.74, 6) is -0.363. The number of nitrogens with zero attached hydrogens (tertiary/aromatic N) is 1. The van der Waals surface area contributed by atoms with Crippen LogP contribution in [0.4, 0.5) is 4.79 Å². The minimum atomic E-state index is -0.601. The van der Waals surface area contributed by atoms with Crippen LogP contribution in [0.3, 0.4) is 0 Å². The first-order chi connectivity index (χ1) is 13.5. The van der Waals surface area contributed by atoms with Crippen molar-refractivity contribution in [2.24, 2.45) is 5.92 Å². The summed E-state index contributed by atoms with van der Waals surface area (Å²) in [6, 6.07) is -0.601. The summed E-state index contributed by atoms with van der Waals surface area (Å²) >= 11 is 0. The van der Waals surface area contributed by atoms with E-state index in [0.29, 0.717) is 13.2 Å². The maximum absolute atomic E-state index is 12.4. The molecule has 0 aliphatic carbocycles. The van der Waals surface area contributed by atoms with Crippen LogP contribution in [0.2, 0.25) is 0 Å². The molecule has 0 bridgehead atoms. The number of carbonyl (C=O) groups excluding carboxylic acids is 2. The minimum Gasteiger partial charge on any atom is -0.464 e. The fraction of sp³-hybridized carbons (Fsp3) is 0.913. The van der Waals surface area contributed by atoms with Crippen molar-refractivity contribution in [1.82, 2.24) is 4.90 Å². The van der Waals surface area contributed by atoms with Gasteiger partial charge in [-0.05, 0) is 19.3 Å². The summed E-state index contributed by atoms with van der Waals surface area (Å²) in [5.41, 5.74) is 0. The molecule has 0 aromatic carbocycles. The van der Waals surface area contributed by atoms with Gasteiger partial charge in [0.1, 0.15) is 6.04 Å². The van der Waals surface area contributed by atoms with Gasteiger partial charge in [0, 0.05) is 7.05 Å². The molecule has 1 amide bonds. The van der Waals surface area contributed by atoms with Gasteiger partial charge in [-0.1, -0.05) is 91.4 Å². The second-order valence-electron chi connectivity index (χ2n) is 8.06. The number of unbranched alkanes of at least 4 members (excludes halogenated alkanes) is 11. The molecule has 0 fully saturated rings. The summed E-state index contributed by atoms with van der Waals surface area (Å²) in [6.07, 6.45) is 14.8. The lowest BCUT2D eigenvalue weighted by molar-refractivity contribution is -0.150. The van der Waals surface area contributed by atoms with Crippen LogP contribution in [0.15, 0.2) is 0 Å². The molecule has 0 heterocycles. The third-order valence-corrected chi connectivity index (χ3v) is 5.09. The van der Waals surface area contributed by atoms with Crippen molar-refractivity contribution in [3.63, 3.8) is 0 Å². The highest BCUT2D eigenvalue weighted by molar-refractivity contribution is 5.81. The van der Waals surface area contributed by atoms with Crippen LogP contribution in [-0.2, 0) is 14.3 Å². The maximum atomic E-state index is 12.4. The molecule has 0 aromatic heterocycles. The van der Waals surface area contributed by atoms with Gasteiger partial charge in [0.05, 0.1) is 13.2 Å². The lowest BCUT2D eigenvalue weighted by Crippen LogP contribution is -2.46. The number of esters is 1. The average molecular weight is 400 g/mol. The molecule has 0 N–H and O–H groups in total. The molecule has 0 aromatic rings. The van der Waals surface area contributed by atoms with Crippen LogP contribution in [0.25, 0.3) is 0 Å². The van der Waals surface area contributed by atoms with Gasteiger partial charge in [-0.15, -0.1) is 0 Å². The lowest BCUT2D eigenvalue weighted by atomic mass is 10.0. The van der Waals surface area contributed by atoms with Crippen LogP contribution >= 0.6 is 0 Å². The molecule has 1 unspecified atom stereocenters. The number of hydrogen-bond donors (Lipinski definition) is 0. The molecule has 0 spiro atoms. The average Bonchev–Trinajstić information content (AvgIpc) is 2.65. The molecule has 0 radical (unpaired) electrons. The van der Waals surface area contributed by atoms with Gasteiger partial charge in [0.2, 0.25) is 0 Å². The third kappa shape index (κ3) is 13.0. The Balaban J connectivity index is 3.77. The van der Waals surface area contributed by atoms with Gasteiger partial charge in [-0.3, -0.25) is 4.90 Å². The first-order valence-electron chi connectivity index (χ1n) is 11.5. The highest BCUT2D eigenvalue weighted by Crippen LogP contribution is 2.14. The van der Waals surface area contributed by atoms with Crippen molar-refractivity contribution in [3.05, 3.63) is 0 Å². The van der Waals surface area contributed by atoms with Crippen molar-refractivity contribution in [2.45, 2.75) is 111 Å². The smallest absolute Gasteiger partial charge is 0.410 e. The number of ether oxygens (including phenoxy) is 2. The Hall–Kier alpha value is -1.26. The molecular weight excluding hydrogens is 354 g/mol. The Morgan fingerprint density at radius 3 is 1.64 bits per heavy atom. The zero-order valence-corrected chi connectivity index (χ0v) is 19.1. The molecule has 0 rings (SSSR count). The molecule has 0 aliphatic rings. The van der Waals surface area contributed by atoms with Crippen molar-refractivity contribution in [2.75, 3.05) is 20.3 Å². The summed E-state index contributed by atoms with van der Waals surface area (Å²) in [4.78, 5) is 25.6. The Labute approximate surface area is 173 Å². The molecule has 0 saturated heterocycles. The van der Waals surface area contributed by atoms with Gasteiger partial charge >= 0.3 is 12.1 Å². The van der Waals surface area contributed by atoms with E-state index >= 15 is 0 Å². The van der Waals surface area contributed by atoms with Crippen molar-refractivity contribution in [3.8, 4) is 0 Å². The van der Waals surface area contributed by atoms with Gasteiger partial charge < -0.3 is 9.47 Å². The van der Waals surface area contributed by atoms with Crippen LogP contribution in [0.1, 0.15) is 105 Å². The van der Waals surface area contributed by atoms with E-state index in [9.17, 15) is 9.59 Å². The van der Waals surface area contributed by atoms with Crippen molar-refractivity contribution < 1.29 is 19.1 Å². The number of likely N-dealkylation sites (N-methyl/N-ethyl adjacent to an activating group) is 1. The minimum absolute atomic E-state index is 0.0242. The summed E-state index contributed by atoms with van der Waals surface area (Å²) < 4.78 is 10.4. The monoisotopic (exact) mass is 399 g/mol. The largest absolute Gasteiger partial charge is 0.464 e.